The highest BCUT2D eigenvalue weighted by molar-refractivity contribution is 5.90. The van der Waals surface area contributed by atoms with Gasteiger partial charge in [0.25, 0.3) is 0 Å². The SMILES string of the molecule is CCCC(=O)Nc1cccc(CNC(=NC)N2CCC3(CCC3)C2)c1. The van der Waals surface area contributed by atoms with E-state index in [4.69, 9.17) is 0 Å². The van der Waals surface area contributed by atoms with Crippen molar-refractivity contribution < 1.29 is 4.79 Å². The Morgan fingerprint density at radius 3 is 2.80 bits per heavy atom. The summed E-state index contributed by atoms with van der Waals surface area (Å²) in [7, 11) is 1.86. The van der Waals surface area contributed by atoms with Gasteiger partial charge in [0.1, 0.15) is 0 Å². The van der Waals surface area contributed by atoms with E-state index in [2.05, 4.69) is 26.6 Å². The number of nitrogens with zero attached hydrogens (tertiary/aromatic N) is 2. The van der Waals surface area contributed by atoms with Crippen molar-refractivity contribution in [3.63, 3.8) is 0 Å². The molecule has 0 atom stereocenters. The summed E-state index contributed by atoms with van der Waals surface area (Å²) in [5.74, 6) is 1.07. The molecule has 1 aliphatic carbocycles. The van der Waals surface area contributed by atoms with Gasteiger partial charge in [0.2, 0.25) is 5.91 Å². The first-order valence-corrected chi connectivity index (χ1v) is 9.48. The van der Waals surface area contributed by atoms with Crippen LogP contribution in [0.1, 0.15) is 51.0 Å². The number of likely N-dealkylation sites (tertiary alicyclic amines) is 1. The second-order valence-corrected chi connectivity index (χ2v) is 7.42. The van der Waals surface area contributed by atoms with Crippen LogP contribution in [0.25, 0.3) is 0 Å². The summed E-state index contributed by atoms with van der Waals surface area (Å²) < 4.78 is 0. The van der Waals surface area contributed by atoms with E-state index in [-0.39, 0.29) is 5.91 Å². The maximum Gasteiger partial charge on any atom is 0.224 e. The number of guanidine groups is 1. The van der Waals surface area contributed by atoms with Crippen LogP contribution in [-0.2, 0) is 11.3 Å². The molecule has 1 saturated heterocycles. The highest BCUT2D eigenvalue weighted by Crippen LogP contribution is 2.47. The molecule has 5 nitrogen and oxygen atoms in total. The van der Waals surface area contributed by atoms with Crippen molar-refractivity contribution in [1.82, 2.24) is 10.2 Å². The number of benzene rings is 1. The summed E-state index contributed by atoms with van der Waals surface area (Å²) in [5.41, 5.74) is 2.58. The van der Waals surface area contributed by atoms with E-state index in [1.165, 1.54) is 25.7 Å². The second-order valence-electron chi connectivity index (χ2n) is 7.42. The molecule has 2 fully saturated rings. The zero-order valence-electron chi connectivity index (χ0n) is 15.5. The van der Waals surface area contributed by atoms with E-state index >= 15 is 0 Å². The first-order valence-electron chi connectivity index (χ1n) is 9.48. The third-order valence-electron chi connectivity index (χ3n) is 5.50. The standard InChI is InChI=1S/C20H30N4O/c1-3-6-18(25)23-17-8-4-7-16(13-17)14-22-19(21-2)24-12-11-20(15-24)9-5-10-20/h4,7-8,13H,3,5-6,9-12,14-15H2,1-2H3,(H,21,22)(H,23,25). The van der Waals surface area contributed by atoms with Gasteiger partial charge in [-0.1, -0.05) is 25.5 Å². The van der Waals surface area contributed by atoms with Crippen molar-refractivity contribution in [2.45, 2.75) is 52.0 Å². The number of nitrogens with one attached hydrogen (secondary N) is 2. The third-order valence-corrected chi connectivity index (χ3v) is 5.50. The number of anilines is 1. The lowest BCUT2D eigenvalue weighted by Gasteiger charge is -2.38. The van der Waals surface area contributed by atoms with Crippen LogP contribution >= 0.6 is 0 Å². The van der Waals surface area contributed by atoms with Gasteiger partial charge in [-0.15, -0.1) is 0 Å². The largest absolute Gasteiger partial charge is 0.352 e. The van der Waals surface area contributed by atoms with Crippen LogP contribution in [0.4, 0.5) is 5.69 Å². The fourth-order valence-electron chi connectivity index (χ4n) is 3.92. The Kier molecular flexibility index (Phi) is 5.61. The number of carbonyl (C=O) groups excluding carboxylic acids is 1. The molecule has 1 aliphatic heterocycles. The Hall–Kier alpha value is -2.04. The molecule has 25 heavy (non-hydrogen) atoms. The average molecular weight is 342 g/mol. The molecular formula is C20H30N4O. The number of rotatable bonds is 5. The molecule has 1 aromatic rings. The van der Waals surface area contributed by atoms with Crippen LogP contribution in [0.2, 0.25) is 0 Å². The predicted octanol–water partition coefficient (Wildman–Crippen LogP) is 3.38. The molecule has 1 saturated carbocycles. The van der Waals surface area contributed by atoms with Gasteiger partial charge in [-0.2, -0.15) is 0 Å². The molecule has 0 radical (unpaired) electrons. The Bertz CT molecular complexity index is 636. The first-order chi connectivity index (χ1) is 12.1. The minimum Gasteiger partial charge on any atom is -0.352 e. The van der Waals surface area contributed by atoms with Crippen molar-refractivity contribution in [3.8, 4) is 0 Å². The summed E-state index contributed by atoms with van der Waals surface area (Å²) in [6.45, 7) is 4.97. The number of carbonyl (C=O) groups is 1. The molecule has 5 heteroatoms. The lowest BCUT2D eigenvalue weighted by molar-refractivity contribution is -0.116. The lowest BCUT2D eigenvalue weighted by atomic mass is 9.68. The molecule has 0 aromatic heterocycles. The van der Waals surface area contributed by atoms with Gasteiger partial charge in [0.05, 0.1) is 0 Å². The van der Waals surface area contributed by atoms with Crippen molar-refractivity contribution >= 4 is 17.6 Å². The summed E-state index contributed by atoms with van der Waals surface area (Å²) >= 11 is 0. The summed E-state index contributed by atoms with van der Waals surface area (Å²) in [4.78, 5) is 18.6. The maximum atomic E-state index is 11.8. The van der Waals surface area contributed by atoms with Crippen molar-refractivity contribution in [3.05, 3.63) is 29.8 Å². The normalized spacial score (nSPS) is 19.0. The van der Waals surface area contributed by atoms with Crippen molar-refractivity contribution in [2.75, 3.05) is 25.5 Å². The summed E-state index contributed by atoms with van der Waals surface area (Å²) in [6.07, 6.45) is 6.86. The van der Waals surface area contributed by atoms with Crippen LogP contribution in [0.15, 0.2) is 29.3 Å². The fourth-order valence-corrected chi connectivity index (χ4v) is 3.92. The van der Waals surface area contributed by atoms with E-state index in [9.17, 15) is 4.79 Å². The summed E-state index contributed by atoms with van der Waals surface area (Å²) in [5, 5.41) is 6.44. The van der Waals surface area contributed by atoms with E-state index < -0.39 is 0 Å². The quantitative estimate of drug-likeness (QED) is 0.637. The van der Waals surface area contributed by atoms with Gasteiger partial charge in [0.15, 0.2) is 5.96 Å². The zero-order valence-corrected chi connectivity index (χ0v) is 15.5. The maximum absolute atomic E-state index is 11.8. The highest BCUT2D eigenvalue weighted by Gasteiger charge is 2.43. The summed E-state index contributed by atoms with van der Waals surface area (Å²) in [6, 6.07) is 8.03. The van der Waals surface area contributed by atoms with Crippen molar-refractivity contribution in [2.24, 2.45) is 10.4 Å². The Morgan fingerprint density at radius 1 is 1.32 bits per heavy atom. The van der Waals surface area contributed by atoms with Gasteiger partial charge >= 0.3 is 0 Å². The average Bonchev–Trinajstić information content (AvgIpc) is 3.02. The van der Waals surface area contributed by atoms with Gasteiger partial charge in [-0.25, -0.2) is 0 Å². The number of hydrogen-bond donors (Lipinski definition) is 2. The molecule has 136 valence electrons. The Labute approximate surface area is 150 Å². The van der Waals surface area contributed by atoms with Crippen LogP contribution in [-0.4, -0.2) is 36.9 Å². The number of amides is 1. The van der Waals surface area contributed by atoms with Crippen LogP contribution in [0, 0.1) is 5.41 Å². The number of aliphatic imine (C=N–C) groups is 1. The van der Waals surface area contributed by atoms with Crippen LogP contribution in [0.5, 0.6) is 0 Å². The minimum absolute atomic E-state index is 0.0753. The van der Waals surface area contributed by atoms with Crippen LogP contribution in [0.3, 0.4) is 0 Å². The second kappa shape index (κ2) is 7.89. The van der Waals surface area contributed by atoms with E-state index in [0.717, 1.165) is 36.7 Å². The lowest BCUT2D eigenvalue weighted by Crippen LogP contribution is -2.42. The predicted molar refractivity (Wildman–Crippen MR) is 103 cm³/mol. The monoisotopic (exact) mass is 342 g/mol. The molecule has 0 unspecified atom stereocenters. The van der Waals surface area contributed by atoms with Gasteiger partial charge in [0, 0.05) is 38.8 Å². The van der Waals surface area contributed by atoms with E-state index in [0.29, 0.717) is 18.4 Å². The number of hydrogen-bond acceptors (Lipinski definition) is 2. The molecule has 2 N–H and O–H groups in total. The molecule has 1 heterocycles. The molecular weight excluding hydrogens is 312 g/mol. The minimum atomic E-state index is 0.0753. The highest BCUT2D eigenvalue weighted by atomic mass is 16.1. The first kappa shape index (κ1) is 17.8. The molecule has 2 aliphatic rings. The van der Waals surface area contributed by atoms with Gasteiger partial charge < -0.3 is 15.5 Å². The topological polar surface area (TPSA) is 56.7 Å². The molecule has 1 spiro atoms. The van der Waals surface area contributed by atoms with Crippen molar-refractivity contribution in [1.29, 1.82) is 0 Å². The third kappa shape index (κ3) is 4.33. The smallest absolute Gasteiger partial charge is 0.224 e. The Balaban J connectivity index is 1.54. The van der Waals surface area contributed by atoms with Gasteiger partial charge in [-0.05, 0) is 48.8 Å². The fraction of sp³-hybridized carbons (Fsp3) is 0.600. The molecule has 0 bridgehead atoms. The van der Waals surface area contributed by atoms with Gasteiger partial charge in [-0.3, -0.25) is 9.79 Å². The Morgan fingerprint density at radius 2 is 2.16 bits per heavy atom. The molecule has 3 rings (SSSR count). The molecule has 1 amide bonds. The van der Waals surface area contributed by atoms with E-state index in [1.807, 2.05) is 32.2 Å². The molecule has 1 aromatic carbocycles. The zero-order chi connectivity index (χ0) is 17.7. The van der Waals surface area contributed by atoms with E-state index in [1.54, 1.807) is 0 Å². The van der Waals surface area contributed by atoms with Crippen LogP contribution < -0.4 is 10.6 Å².